The Morgan fingerprint density at radius 1 is 1.03 bits per heavy atom. The van der Waals surface area contributed by atoms with Gasteiger partial charge in [-0.25, -0.2) is 0 Å². The maximum atomic E-state index is 12.3. The number of fused-ring (bicyclic) bond motifs is 1. The Kier molecular flexibility index (Phi) is 5.94. The quantitative estimate of drug-likeness (QED) is 0.500. The van der Waals surface area contributed by atoms with Gasteiger partial charge < -0.3 is 10.2 Å². The van der Waals surface area contributed by atoms with E-state index < -0.39 is 0 Å². The third kappa shape index (κ3) is 4.28. The van der Waals surface area contributed by atoms with Gasteiger partial charge in [0.05, 0.1) is 12.5 Å². The van der Waals surface area contributed by atoms with Gasteiger partial charge in [0.2, 0.25) is 0 Å². The fourth-order valence-electron chi connectivity index (χ4n) is 3.70. The zero-order valence-corrected chi connectivity index (χ0v) is 17.7. The Labute approximate surface area is 185 Å². The van der Waals surface area contributed by atoms with E-state index in [2.05, 4.69) is 28.4 Å². The predicted molar refractivity (Wildman–Crippen MR) is 122 cm³/mol. The van der Waals surface area contributed by atoms with Crippen LogP contribution in [-0.2, 0) is 6.42 Å². The van der Waals surface area contributed by atoms with Crippen molar-refractivity contribution in [3.05, 3.63) is 81.8 Å². The molecule has 1 aliphatic heterocycles. The number of rotatable bonds is 5. The van der Waals surface area contributed by atoms with E-state index in [1.165, 1.54) is 5.56 Å². The molecule has 1 N–H and O–H groups in total. The Morgan fingerprint density at radius 3 is 2.57 bits per heavy atom. The van der Waals surface area contributed by atoms with E-state index in [-0.39, 0.29) is 5.91 Å². The first kappa shape index (κ1) is 20.3. The molecule has 0 aromatic heterocycles. The van der Waals surface area contributed by atoms with Crippen LogP contribution in [0.3, 0.4) is 0 Å². The molecule has 0 spiro atoms. The van der Waals surface area contributed by atoms with Crippen molar-refractivity contribution in [1.82, 2.24) is 5.32 Å². The second-order valence-electron chi connectivity index (χ2n) is 7.12. The summed E-state index contributed by atoms with van der Waals surface area (Å²) in [7, 11) is 0. The second-order valence-corrected chi connectivity index (χ2v) is 7.99. The lowest BCUT2D eigenvalue weighted by Gasteiger charge is -2.21. The van der Waals surface area contributed by atoms with Gasteiger partial charge in [0.1, 0.15) is 0 Å². The number of nitrogens with zero attached hydrogens (tertiary/aromatic N) is 2. The second kappa shape index (κ2) is 8.79. The summed E-state index contributed by atoms with van der Waals surface area (Å²) < 4.78 is 0. The highest BCUT2D eigenvalue weighted by atomic mass is 35.5. The SMILES string of the molecule is N#CCCNC(=O)c1cccc(-c2ccc3c(c2)N(c2cc(Cl)cc(Cl)c2)CC3)c1. The average Bonchev–Trinajstić information content (AvgIpc) is 3.16. The summed E-state index contributed by atoms with van der Waals surface area (Å²) in [6.07, 6.45) is 1.24. The summed E-state index contributed by atoms with van der Waals surface area (Å²) in [6, 6.07) is 21.5. The van der Waals surface area contributed by atoms with E-state index in [1.807, 2.05) is 36.4 Å². The van der Waals surface area contributed by atoms with E-state index >= 15 is 0 Å². The van der Waals surface area contributed by atoms with Gasteiger partial charge in [0, 0.05) is 40.1 Å². The largest absolute Gasteiger partial charge is 0.351 e. The molecule has 0 aliphatic carbocycles. The highest BCUT2D eigenvalue weighted by Gasteiger charge is 2.22. The van der Waals surface area contributed by atoms with E-state index in [0.29, 0.717) is 28.6 Å². The first-order valence-electron chi connectivity index (χ1n) is 9.67. The normalized spacial score (nSPS) is 12.4. The molecule has 0 saturated carbocycles. The number of carbonyl (C=O) groups is 1. The molecule has 4 nitrogen and oxygen atoms in total. The topological polar surface area (TPSA) is 56.1 Å². The van der Waals surface area contributed by atoms with Gasteiger partial charge >= 0.3 is 0 Å². The van der Waals surface area contributed by atoms with Gasteiger partial charge in [0.25, 0.3) is 5.91 Å². The molecule has 1 heterocycles. The van der Waals surface area contributed by atoms with Crippen LogP contribution in [0.5, 0.6) is 0 Å². The van der Waals surface area contributed by atoms with E-state index in [1.54, 1.807) is 12.1 Å². The molecule has 1 amide bonds. The minimum Gasteiger partial charge on any atom is -0.351 e. The van der Waals surface area contributed by atoms with Crippen molar-refractivity contribution in [3.8, 4) is 17.2 Å². The lowest BCUT2D eigenvalue weighted by Crippen LogP contribution is -2.24. The Morgan fingerprint density at radius 2 is 1.80 bits per heavy atom. The van der Waals surface area contributed by atoms with Crippen molar-refractivity contribution in [1.29, 1.82) is 5.26 Å². The minimum absolute atomic E-state index is 0.177. The molecule has 0 radical (unpaired) electrons. The number of anilines is 2. The number of hydrogen-bond donors (Lipinski definition) is 1. The Bertz CT molecular complexity index is 1130. The number of halogens is 2. The molecule has 150 valence electrons. The maximum absolute atomic E-state index is 12.3. The molecule has 0 saturated heterocycles. The summed E-state index contributed by atoms with van der Waals surface area (Å²) in [4.78, 5) is 14.6. The third-order valence-corrected chi connectivity index (χ3v) is 5.56. The van der Waals surface area contributed by atoms with Crippen LogP contribution in [0.1, 0.15) is 22.3 Å². The van der Waals surface area contributed by atoms with Crippen LogP contribution in [0.4, 0.5) is 11.4 Å². The molecular weight excluding hydrogens is 417 g/mol. The van der Waals surface area contributed by atoms with Crippen LogP contribution in [0.2, 0.25) is 10.0 Å². The van der Waals surface area contributed by atoms with E-state index in [0.717, 1.165) is 35.5 Å². The summed E-state index contributed by atoms with van der Waals surface area (Å²) >= 11 is 12.4. The molecule has 1 aliphatic rings. The van der Waals surface area contributed by atoms with Crippen molar-refractivity contribution in [2.75, 3.05) is 18.0 Å². The molecule has 3 aromatic rings. The lowest BCUT2D eigenvalue weighted by molar-refractivity contribution is 0.0954. The molecule has 30 heavy (non-hydrogen) atoms. The minimum atomic E-state index is -0.177. The molecule has 0 fully saturated rings. The third-order valence-electron chi connectivity index (χ3n) is 5.12. The van der Waals surface area contributed by atoms with Gasteiger partial charge in [-0.2, -0.15) is 5.26 Å². The first-order valence-corrected chi connectivity index (χ1v) is 10.4. The number of carbonyl (C=O) groups excluding carboxylic acids is 1. The Balaban J connectivity index is 1.64. The summed E-state index contributed by atoms with van der Waals surface area (Å²) in [6.45, 7) is 1.20. The fourth-order valence-corrected chi connectivity index (χ4v) is 4.21. The molecular formula is C24H19Cl2N3O. The molecule has 4 rings (SSSR count). The number of nitrogens with one attached hydrogen (secondary N) is 1. The maximum Gasteiger partial charge on any atom is 0.251 e. The smallest absolute Gasteiger partial charge is 0.251 e. The molecule has 3 aromatic carbocycles. The van der Waals surface area contributed by atoms with Crippen LogP contribution in [-0.4, -0.2) is 19.0 Å². The zero-order valence-electron chi connectivity index (χ0n) is 16.2. The molecule has 0 bridgehead atoms. The van der Waals surface area contributed by atoms with Gasteiger partial charge in [-0.3, -0.25) is 4.79 Å². The van der Waals surface area contributed by atoms with Gasteiger partial charge in [-0.05, 0) is 59.5 Å². The van der Waals surface area contributed by atoms with Crippen molar-refractivity contribution in [2.24, 2.45) is 0 Å². The van der Waals surface area contributed by atoms with Crippen molar-refractivity contribution in [3.63, 3.8) is 0 Å². The zero-order chi connectivity index (χ0) is 21.1. The predicted octanol–water partition coefficient (Wildman–Crippen LogP) is 6.00. The highest BCUT2D eigenvalue weighted by Crippen LogP contribution is 2.39. The summed E-state index contributed by atoms with van der Waals surface area (Å²) in [5.41, 5.74) is 5.91. The number of amides is 1. The average molecular weight is 436 g/mol. The van der Waals surface area contributed by atoms with Crippen LogP contribution in [0.15, 0.2) is 60.7 Å². The number of benzene rings is 3. The van der Waals surface area contributed by atoms with Crippen molar-refractivity contribution in [2.45, 2.75) is 12.8 Å². The summed E-state index contributed by atoms with van der Waals surface area (Å²) in [5.74, 6) is -0.177. The number of hydrogen-bond acceptors (Lipinski definition) is 3. The van der Waals surface area contributed by atoms with Gasteiger partial charge in [0.15, 0.2) is 0 Å². The Hall–Kier alpha value is -3.00. The van der Waals surface area contributed by atoms with Crippen LogP contribution >= 0.6 is 23.2 Å². The van der Waals surface area contributed by atoms with Crippen molar-refractivity contribution >= 4 is 40.5 Å². The van der Waals surface area contributed by atoms with Crippen LogP contribution in [0.25, 0.3) is 11.1 Å². The van der Waals surface area contributed by atoms with E-state index in [9.17, 15) is 4.79 Å². The molecule has 0 unspecified atom stereocenters. The van der Waals surface area contributed by atoms with Crippen LogP contribution < -0.4 is 10.2 Å². The summed E-state index contributed by atoms with van der Waals surface area (Å²) in [5, 5.41) is 12.6. The first-order chi connectivity index (χ1) is 14.5. The van der Waals surface area contributed by atoms with E-state index in [4.69, 9.17) is 28.5 Å². The monoisotopic (exact) mass is 435 g/mol. The van der Waals surface area contributed by atoms with Gasteiger partial charge in [-0.15, -0.1) is 0 Å². The standard InChI is InChI=1S/C24H19Cl2N3O/c25-20-13-21(26)15-22(14-20)29-10-7-16-5-6-18(12-23(16)29)17-3-1-4-19(11-17)24(30)28-9-2-8-27/h1,3-6,11-15H,2,7,9-10H2,(H,28,30). The number of nitriles is 1. The fraction of sp³-hybridized carbons (Fsp3) is 0.167. The van der Waals surface area contributed by atoms with Crippen LogP contribution in [0, 0.1) is 11.3 Å². The molecule has 6 heteroatoms. The molecule has 0 atom stereocenters. The highest BCUT2D eigenvalue weighted by molar-refractivity contribution is 6.35. The lowest BCUT2D eigenvalue weighted by atomic mass is 10.00. The van der Waals surface area contributed by atoms with Gasteiger partial charge in [-0.1, -0.05) is 47.5 Å². The van der Waals surface area contributed by atoms with Crippen molar-refractivity contribution < 1.29 is 4.79 Å².